The van der Waals surface area contributed by atoms with E-state index in [1.165, 1.54) is 25.4 Å². The summed E-state index contributed by atoms with van der Waals surface area (Å²) in [6.45, 7) is 3.51. The van der Waals surface area contributed by atoms with Crippen LogP contribution in [0, 0.1) is 5.41 Å². The second kappa shape index (κ2) is 10.6. The van der Waals surface area contributed by atoms with Crippen LogP contribution in [0.25, 0.3) is 21.8 Å². The van der Waals surface area contributed by atoms with Crippen LogP contribution < -0.4 is 9.47 Å². The molecule has 2 aromatic carbocycles. The van der Waals surface area contributed by atoms with Gasteiger partial charge >= 0.3 is 12.1 Å². The molecule has 0 bridgehead atoms. The predicted octanol–water partition coefficient (Wildman–Crippen LogP) is 5.39. The van der Waals surface area contributed by atoms with Crippen LogP contribution >= 0.6 is 0 Å². The van der Waals surface area contributed by atoms with E-state index in [1.54, 1.807) is 55.7 Å². The van der Waals surface area contributed by atoms with Gasteiger partial charge in [-0.25, -0.2) is 4.98 Å². The first kappa shape index (κ1) is 27.4. The molecule has 0 spiro atoms. The van der Waals surface area contributed by atoms with Crippen molar-refractivity contribution in [2.75, 3.05) is 13.7 Å². The Morgan fingerprint density at radius 3 is 2.50 bits per heavy atom. The van der Waals surface area contributed by atoms with E-state index >= 15 is 0 Å². The van der Waals surface area contributed by atoms with Gasteiger partial charge in [-0.15, -0.1) is 0 Å². The molecule has 0 aliphatic rings. The number of esters is 1. The third-order valence-electron chi connectivity index (χ3n) is 5.55. The van der Waals surface area contributed by atoms with Crippen molar-refractivity contribution in [2.45, 2.75) is 44.6 Å². The van der Waals surface area contributed by atoms with Crippen molar-refractivity contribution in [3.05, 3.63) is 54.4 Å². The maximum Gasteiger partial charge on any atom is 0.422 e. The van der Waals surface area contributed by atoms with Crippen molar-refractivity contribution in [2.24, 2.45) is 5.41 Å². The Labute approximate surface area is 219 Å². The van der Waals surface area contributed by atoms with E-state index in [2.05, 4.69) is 9.97 Å². The number of rotatable bonds is 8. The summed E-state index contributed by atoms with van der Waals surface area (Å²) in [7, 11) is -0.427. The monoisotopic (exact) mass is 549 g/mol. The molecule has 0 amide bonds. The van der Waals surface area contributed by atoms with E-state index in [0.717, 1.165) is 0 Å². The number of carbonyl (C=O) groups excluding carboxylic acids is 1. The summed E-state index contributed by atoms with van der Waals surface area (Å²) in [5, 5.41) is 1.25. The van der Waals surface area contributed by atoms with E-state index in [-0.39, 0.29) is 29.1 Å². The zero-order valence-electron chi connectivity index (χ0n) is 21.2. The van der Waals surface area contributed by atoms with Crippen molar-refractivity contribution in [1.82, 2.24) is 14.5 Å². The molecule has 0 saturated carbocycles. The number of ether oxygens (including phenoxy) is 3. The highest BCUT2D eigenvalue weighted by Crippen LogP contribution is 2.35. The molecule has 0 aliphatic carbocycles. The maximum absolute atomic E-state index is 13.6. The van der Waals surface area contributed by atoms with Crippen LogP contribution in [-0.2, 0) is 32.8 Å². The van der Waals surface area contributed by atoms with Crippen molar-refractivity contribution in [3.8, 4) is 11.5 Å². The number of methoxy groups -OCH3 is 1. The Bertz CT molecular complexity index is 1510. The third kappa shape index (κ3) is 6.07. The first-order valence-electron chi connectivity index (χ1n) is 11.5. The second-order valence-corrected chi connectivity index (χ2v) is 10.8. The van der Waals surface area contributed by atoms with Gasteiger partial charge in [0.2, 0.25) is 5.16 Å². The number of alkyl halides is 3. The van der Waals surface area contributed by atoms with Gasteiger partial charge in [0.25, 0.3) is 0 Å². The Hall–Kier alpha value is -3.67. The molecular weight excluding hydrogens is 523 g/mol. The Balaban J connectivity index is 1.69. The number of nitrogens with zero attached hydrogens (tertiary/aromatic N) is 3. The number of carbonyl (C=O) groups is 1. The first-order chi connectivity index (χ1) is 17.9. The molecule has 2 heterocycles. The minimum atomic E-state index is -4.53. The minimum Gasteiger partial charge on any atom is -0.493 e. The zero-order valence-corrected chi connectivity index (χ0v) is 22.0. The lowest BCUT2D eigenvalue weighted by molar-refractivity contribution is -0.157. The Morgan fingerprint density at radius 1 is 1.08 bits per heavy atom. The normalized spacial score (nSPS) is 13.0. The molecular formula is C26H26F3N3O5S. The van der Waals surface area contributed by atoms with Gasteiger partial charge in [0, 0.05) is 11.6 Å². The lowest BCUT2D eigenvalue weighted by Crippen LogP contribution is -2.24. The van der Waals surface area contributed by atoms with Crippen LogP contribution in [0.2, 0.25) is 0 Å². The molecule has 12 heteroatoms. The van der Waals surface area contributed by atoms with E-state index in [0.29, 0.717) is 27.5 Å². The van der Waals surface area contributed by atoms with Gasteiger partial charge < -0.3 is 14.2 Å². The van der Waals surface area contributed by atoms with Gasteiger partial charge in [0.05, 0.1) is 45.8 Å². The van der Waals surface area contributed by atoms with Crippen LogP contribution in [0.1, 0.15) is 26.5 Å². The summed E-state index contributed by atoms with van der Waals surface area (Å²) in [6, 6.07) is 11.7. The minimum absolute atomic E-state index is 0.0983. The van der Waals surface area contributed by atoms with E-state index in [4.69, 9.17) is 14.2 Å². The molecule has 0 aliphatic heterocycles. The van der Waals surface area contributed by atoms with Gasteiger partial charge in [-0.05, 0) is 56.5 Å². The molecule has 1 atom stereocenters. The van der Waals surface area contributed by atoms with Crippen molar-refractivity contribution in [1.29, 1.82) is 0 Å². The number of hydrogen-bond donors (Lipinski definition) is 0. The summed E-state index contributed by atoms with van der Waals surface area (Å²) in [6.07, 6.45) is -3.02. The summed E-state index contributed by atoms with van der Waals surface area (Å²) in [5.41, 5.74) is 0.845. The van der Waals surface area contributed by atoms with Gasteiger partial charge in [0.1, 0.15) is 0 Å². The SMILES string of the molecule is COc1cc2ccnc(CS(=O)c3nc4ccccc4n3COC(=O)C(C)(C)C)c2cc1OCC(F)(F)F. The summed E-state index contributed by atoms with van der Waals surface area (Å²) in [5.74, 6) is -0.511. The predicted molar refractivity (Wildman–Crippen MR) is 135 cm³/mol. The van der Waals surface area contributed by atoms with Crippen molar-refractivity contribution >= 4 is 38.6 Å². The molecule has 202 valence electrons. The lowest BCUT2D eigenvalue weighted by atomic mass is 9.98. The summed E-state index contributed by atoms with van der Waals surface area (Å²) < 4.78 is 69.1. The van der Waals surface area contributed by atoms with E-state index in [9.17, 15) is 22.2 Å². The highest BCUT2D eigenvalue weighted by molar-refractivity contribution is 7.84. The third-order valence-corrected chi connectivity index (χ3v) is 6.81. The highest BCUT2D eigenvalue weighted by atomic mass is 32.2. The molecule has 4 rings (SSSR count). The number of imidazole rings is 1. The second-order valence-electron chi connectivity index (χ2n) is 9.50. The average Bonchev–Trinajstić information content (AvgIpc) is 3.23. The van der Waals surface area contributed by atoms with Crippen molar-refractivity contribution < 1.29 is 36.4 Å². The molecule has 0 radical (unpaired) electrons. The molecule has 0 saturated heterocycles. The standard InChI is InChI=1S/C26H26F3N3O5S/c1-25(2,3)23(33)37-15-32-20-8-6-5-7-18(20)31-24(32)38(34)13-19-17-12-22(36-14-26(27,28)29)21(35-4)11-16(17)9-10-30-19/h5-12H,13-15H2,1-4H3. The number of pyridine rings is 1. The summed E-state index contributed by atoms with van der Waals surface area (Å²) >= 11 is 0. The Morgan fingerprint density at radius 2 is 1.82 bits per heavy atom. The quantitative estimate of drug-likeness (QED) is 0.272. The molecule has 38 heavy (non-hydrogen) atoms. The molecule has 2 aromatic heterocycles. The fourth-order valence-electron chi connectivity index (χ4n) is 3.67. The van der Waals surface area contributed by atoms with Gasteiger partial charge in [-0.2, -0.15) is 13.2 Å². The number of benzene rings is 2. The van der Waals surface area contributed by atoms with Crippen LogP contribution in [0.5, 0.6) is 11.5 Å². The molecule has 0 N–H and O–H groups in total. The van der Waals surface area contributed by atoms with E-state index in [1.807, 2.05) is 0 Å². The smallest absolute Gasteiger partial charge is 0.422 e. The lowest BCUT2D eigenvalue weighted by Gasteiger charge is -2.18. The van der Waals surface area contributed by atoms with Crippen molar-refractivity contribution in [3.63, 3.8) is 0 Å². The van der Waals surface area contributed by atoms with Gasteiger partial charge in [0.15, 0.2) is 24.8 Å². The van der Waals surface area contributed by atoms with Gasteiger partial charge in [-0.3, -0.25) is 18.6 Å². The molecule has 8 nitrogen and oxygen atoms in total. The average molecular weight is 550 g/mol. The Kier molecular flexibility index (Phi) is 7.63. The fraction of sp³-hybridized carbons (Fsp3) is 0.346. The maximum atomic E-state index is 13.6. The topological polar surface area (TPSA) is 92.5 Å². The number of aromatic nitrogens is 3. The molecule has 4 aromatic rings. The summed E-state index contributed by atoms with van der Waals surface area (Å²) in [4.78, 5) is 21.2. The first-order valence-corrected chi connectivity index (χ1v) is 12.9. The van der Waals surface area contributed by atoms with E-state index < -0.39 is 35.0 Å². The molecule has 0 fully saturated rings. The molecule has 1 unspecified atom stereocenters. The largest absolute Gasteiger partial charge is 0.493 e. The van der Waals surface area contributed by atoms with Crippen LogP contribution in [-0.4, -0.2) is 44.6 Å². The number of para-hydroxylation sites is 2. The highest BCUT2D eigenvalue weighted by Gasteiger charge is 2.29. The van der Waals surface area contributed by atoms with Crippen LogP contribution in [0.3, 0.4) is 0 Å². The van der Waals surface area contributed by atoms with Crippen LogP contribution in [0.4, 0.5) is 13.2 Å². The fourth-order valence-corrected chi connectivity index (χ4v) is 4.87. The number of halogens is 3. The van der Waals surface area contributed by atoms with Gasteiger partial charge in [-0.1, -0.05) is 12.1 Å². The zero-order chi connectivity index (χ0) is 27.7. The number of hydrogen-bond acceptors (Lipinski definition) is 7. The van der Waals surface area contributed by atoms with Crippen LogP contribution in [0.15, 0.2) is 53.8 Å². The number of fused-ring (bicyclic) bond motifs is 2.